The summed E-state index contributed by atoms with van der Waals surface area (Å²) in [5, 5.41) is 13.6. The van der Waals surface area contributed by atoms with Gasteiger partial charge in [0.05, 0.1) is 0 Å². The van der Waals surface area contributed by atoms with Crippen LogP contribution < -0.4 is 10.2 Å². The first kappa shape index (κ1) is 14.2. The first-order chi connectivity index (χ1) is 9.11. The molecule has 19 heavy (non-hydrogen) atoms. The Bertz CT molecular complexity index is 415. The monoisotopic (exact) mass is 262 g/mol. The molecule has 2 N–H and O–H groups in total. The lowest BCUT2D eigenvalue weighted by Gasteiger charge is -2.21. The van der Waals surface area contributed by atoms with Crippen LogP contribution in [0.15, 0.2) is 18.2 Å². The molecule has 3 nitrogen and oxygen atoms in total. The van der Waals surface area contributed by atoms with Crippen molar-refractivity contribution in [1.82, 2.24) is 5.32 Å². The number of phenolic OH excluding ortho intramolecular Hbond substituents is 1. The lowest BCUT2D eigenvalue weighted by Crippen LogP contribution is -2.21. The normalized spacial score (nSPS) is 16.4. The molecule has 2 rings (SSSR count). The van der Waals surface area contributed by atoms with Crippen LogP contribution in [-0.4, -0.2) is 25.2 Å². The van der Waals surface area contributed by atoms with Gasteiger partial charge in [-0.05, 0) is 44.7 Å². The maximum atomic E-state index is 10.2. The molecule has 1 aliphatic rings. The highest BCUT2D eigenvalue weighted by atomic mass is 16.3. The number of nitrogens with zero attached hydrogens (tertiary/aromatic N) is 1. The fraction of sp³-hybridized carbons (Fsp3) is 0.625. The van der Waals surface area contributed by atoms with Crippen molar-refractivity contribution >= 4 is 5.69 Å². The average molecular weight is 262 g/mol. The highest BCUT2D eigenvalue weighted by Crippen LogP contribution is 2.33. The Morgan fingerprint density at radius 3 is 2.74 bits per heavy atom. The van der Waals surface area contributed by atoms with Crippen molar-refractivity contribution < 1.29 is 5.11 Å². The van der Waals surface area contributed by atoms with Gasteiger partial charge in [0, 0.05) is 37.0 Å². The number of nitrogens with one attached hydrogen (secondary N) is 1. The Balaban J connectivity index is 2.02. The third-order valence-corrected chi connectivity index (χ3v) is 3.85. The van der Waals surface area contributed by atoms with Crippen LogP contribution in [0.4, 0.5) is 5.69 Å². The Labute approximate surface area is 116 Å². The SMILES string of the molecule is CCCNC(C)c1ccc(N(C)CC2CC2)cc1O. The second kappa shape index (κ2) is 6.29. The van der Waals surface area contributed by atoms with Crippen LogP contribution in [0.5, 0.6) is 5.75 Å². The standard InChI is InChI=1S/C16H26N2O/c1-4-9-17-12(2)15-8-7-14(10-16(15)19)18(3)11-13-5-6-13/h7-8,10,12-13,17,19H,4-6,9,11H2,1-3H3. The highest BCUT2D eigenvalue weighted by molar-refractivity contribution is 5.53. The van der Waals surface area contributed by atoms with Crippen LogP contribution in [0.2, 0.25) is 0 Å². The summed E-state index contributed by atoms with van der Waals surface area (Å²) in [5.74, 6) is 1.26. The summed E-state index contributed by atoms with van der Waals surface area (Å²) in [6.07, 6.45) is 3.81. The van der Waals surface area contributed by atoms with Crippen molar-refractivity contribution in [2.75, 3.05) is 25.0 Å². The minimum atomic E-state index is 0.197. The van der Waals surface area contributed by atoms with Crippen LogP contribution in [0.25, 0.3) is 0 Å². The highest BCUT2D eigenvalue weighted by Gasteiger charge is 2.23. The van der Waals surface area contributed by atoms with Crippen molar-refractivity contribution in [1.29, 1.82) is 0 Å². The van der Waals surface area contributed by atoms with Gasteiger partial charge < -0.3 is 15.3 Å². The van der Waals surface area contributed by atoms with Crippen LogP contribution in [0, 0.1) is 5.92 Å². The molecular weight excluding hydrogens is 236 g/mol. The molecular formula is C16H26N2O. The van der Waals surface area contributed by atoms with E-state index in [0.29, 0.717) is 5.75 Å². The summed E-state index contributed by atoms with van der Waals surface area (Å²) < 4.78 is 0. The molecule has 1 atom stereocenters. The van der Waals surface area contributed by atoms with Gasteiger partial charge in [-0.3, -0.25) is 0 Å². The summed E-state index contributed by atoms with van der Waals surface area (Å²) in [7, 11) is 2.10. The fourth-order valence-corrected chi connectivity index (χ4v) is 2.40. The molecule has 1 aromatic carbocycles. The van der Waals surface area contributed by atoms with Crippen molar-refractivity contribution in [2.45, 2.75) is 39.2 Å². The smallest absolute Gasteiger partial charge is 0.122 e. The molecule has 3 heteroatoms. The number of aromatic hydroxyl groups is 1. The Hall–Kier alpha value is -1.22. The molecule has 0 bridgehead atoms. The van der Waals surface area contributed by atoms with E-state index in [0.717, 1.165) is 36.7 Å². The first-order valence-electron chi connectivity index (χ1n) is 7.39. The predicted octanol–water partition coefficient (Wildman–Crippen LogP) is 3.30. The van der Waals surface area contributed by atoms with E-state index in [1.54, 1.807) is 0 Å². The first-order valence-corrected chi connectivity index (χ1v) is 7.39. The molecule has 0 saturated heterocycles. The lowest BCUT2D eigenvalue weighted by atomic mass is 10.1. The minimum Gasteiger partial charge on any atom is -0.508 e. The number of phenols is 1. The molecule has 106 valence electrons. The van der Waals surface area contributed by atoms with Gasteiger partial charge in [-0.2, -0.15) is 0 Å². The summed E-state index contributed by atoms with van der Waals surface area (Å²) >= 11 is 0. The number of benzene rings is 1. The summed E-state index contributed by atoms with van der Waals surface area (Å²) in [6, 6.07) is 6.24. The number of hydrogen-bond donors (Lipinski definition) is 2. The van der Waals surface area contributed by atoms with Gasteiger partial charge in [0.2, 0.25) is 0 Å². The zero-order valence-electron chi connectivity index (χ0n) is 12.3. The number of rotatable bonds is 7. The van der Waals surface area contributed by atoms with Crippen LogP contribution in [0.3, 0.4) is 0 Å². The van der Waals surface area contributed by atoms with Crippen LogP contribution >= 0.6 is 0 Å². The molecule has 0 spiro atoms. The topological polar surface area (TPSA) is 35.5 Å². The van der Waals surface area contributed by atoms with Crippen molar-refractivity contribution in [2.24, 2.45) is 5.92 Å². The summed E-state index contributed by atoms with van der Waals surface area (Å²) in [5.41, 5.74) is 2.09. The zero-order chi connectivity index (χ0) is 13.8. The second-order valence-corrected chi connectivity index (χ2v) is 5.74. The largest absolute Gasteiger partial charge is 0.508 e. The van der Waals surface area contributed by atoms with E-state index in [1.165, 1.54) is 12.8 Å². The molecule has 0 aromatic heterocycles. The van der Waals surface area contributed by atoms with Crippen LogP contribution in [0.1, 0.15) is 44.7 Å². The van der Waals surface area contributed by atoms with E-state index in [1.807, 2.05) is 12.1 Å². The molecule has 1 fully saturated rings. The molecule has 0 amide bonds. The van der Waals surface area contributed by atoms with Crippen molar-refractivity contribution in [3.63, 3.8) is 0 Å². The van der Waals surface area contributed by atoms with E-state index >= 15 is 0 Å². The van der Waals surface area contributed by atoms with Crippen LogP contribution in [-0.2, 0) is 0 Å². The van der Waals surface area contributed by atoms with Gasteiger partial charge in [0.1, 0.15) is 5.75 Å². The van der Waals surface area contributed by atoms with Gasteiger partial charge in [0.25, 0.3) is 0 Å². The fourth-order valence-electron chi connectivity index (χ4n) is 2.40. The quantitative estimate of drug-likeness (QED) is 0.791. The van der Waals surface area contributed by atoms with E-state index < -0.39 is 0 Å². The third-order valence-electron chi connectivity index (χ3n) is 3.85. The Morgan fingerprint density at radius 1 is 1.42 bits per heavy atom. The zero-order valence-corrected chi connectivity index (χ0v) is 12.3. The minimum absolute atomic E-state index is 0.197. The van der Waals surface area contributed by atoms with Gasteiger partial charge in [-0.1, -0.05) is 13.0 Å². The number of hydrogen-bond acceptors (Lipinski definition) is 3. The van der Waals surface area contributed by atoms with Crippen molar-refractivity contribution in [3.05, 3.63) is 23.8 Å². The molecule has 1 unspecified atom stereocenters. The predicted molar refractivity (Wildman–Crippen MR) is 80.8 cm³/mol. The molecule has 1 aliphatic carbocycles. The number of anilines is 1. The van der Waals surface area contributed by atoms with E-state index in [4.69, 9.17) is 0 Å². The van der Waals surface area contributed by atoms with E-state index in [9.17, 15) is 5.11 Å². The van der Waals surface area contributed by atoms with Gasteiger partial charge in [-0.15, -0.1) is 0 Å². The van der Waals surface area contributed by atoms with Gasteiger partial charge in [-0.25, -0.2) is 0 Å². The molecule has 0 radical (unpaired) electrons. The van der Waals surface area contributed by atoms with E-state index in [-0.39, 0.29) is 6.04 Å². The second-order valence-electron chi connectivity index (χ2n) is 5.74. The summed E-state index contributed by atoms with van der Waals surface area (Å²) in [6.45, 7) is 6.32. The van der Waals surface area contributed by atoms with E-state index in [2.05, 4.69) is 37.2 Å². The van der Waals surface area contributed by atoms with Crippen molar-refractivity contribution in [3.8, 4) is 5.75 Å². The maximum Gasteiger partial charge on any atom is 0.122 e. The third kappa shape index (κ3) is 3.87. The molecule has 1 aromatic rings. The molecule has 1 saturated carbocycles. The van der Waals surface area contributed by atoms with Gasteiger partial charge in [0.15, 0.2) is 0 Å². The molecule has 0 aliphatic heterocycles. The maximum absolute atomic E-state index is 10.2. The Morgan fingerprint density at radius 2 is 2.16 bits per heavy atom. The average Bonchev–Trinajstić information content (AvgIpc) is 3.19. The lowest BCUT2D eigenvalue weighted by molar-refractivity contribution is 0.452. The summed E-state index contributed by atoms with van der Waals surface area (Å²) in [4.78, 5) is 2.24. The molecule has 0 heterocycles. The Kier molecular flexibility index (Phi) is 4.70. The van der Waals surface area contributed by atoms with Gasteiger partial charge >= 0.3 is 0 Å².